The molecule has 2 aliphatic rings. The Bertz CT molecular complexity index is 616. The minimum Gasteiger partial charge on any atom is -0.431 e. The molecule has 0 aromatic carbocycles. The zero-order chi connectivity index (χ0) is 23.3. The van der Waals surface area contributed by atoms with Crippen molar-refractivity contribution in [2.45, 2.75) is 103 Å². The summed E-state index contributed by atoms with van der Waals surface area (Å²) in [6.45, 7) is 9.30. The Morgan fingerprint density at radius 1 is 1.22 bits per heavy atom. The number of hydrogen-bond acceptors (Lipinski definition) is 8. The molecule has 0 aromatic rings. The second-order valence-corrected chi connectivity index (χ2v) is 10.1. The van der Waals surface area contributed by atoms with E-state index < -0.39 is 14.7 Å². The van der Waals surface area contributed by atoms with E-state index >= 15 is 0 Å². The van der Waals surface area contributed by atoms with Gasteiger partial charge in [0.15, 0.2) is 0 Å². The van der Waals surface area contributed by atoms with Crippen LogP contribution in [0.2, 0.25) is 0 Å². The average Bonchev–Trinajstić information content (AvgIpc) is 3.15. The number of allylic oxidation sites excluding steroid dienone is 1. The van der Waals surface area contributed by atoms with Crippen LogP contribution in [0, 0.1) is 11.3 Å². The summed E-state index contributed by atoms with van der Waals surface area (Å²) >= 11 is 0. The van der Waals surface area contributed by atoms with E-state index in [0.29, 0.717) is 26.1 Å². The van der Waals surface area contributed by atoms with Crippen molar-refractivity contribution in [3.05, 3.63) is 12.2 Å². The fraction of sp³-hybridized carbons (Fsp3) is 0.826. The Morgan fingerprint density at radius 2 is 2.00 bits per heavy atom. The van der Waals surface area contributed by atoms with Gasteiger partial charge in [-0.1, -0.05) is 12.5 Å². The molecule has 2 unspecified atom stereocenters. The normalized spacial score (nSPS) is 25.9. The average molecular weight is 471 g/mol. The van der Waals surface area contributed by atoms with Crippen LogP contribution in [0.5, 0.6) is 0 Å². The number of ether oxygens (including phenoxy) is 3. The maximum absolute atomic E-state index is 12.2. The molecule has 182 valence electrons. The first-order chi connectivity index (χ1) is 15.4. The molecule has 1 fully saturated rings. The molecule has 0 saturated carbocycles. The largest absolute Gasteiger partial charge is 0.508 e. The maximum atomic E-state index is 12.2. The Morgan fingerprint density at radius 3 is 2.72 bits per heavy atom. The first-order valence-electron chi connectivity index (χ1n) is 11.8. The van der Waals surface area contributed by atoms with Crippen molar-refractivity contribution >= 4 is 14.7 Å². The summed E-state index contributed by atoms with van der Waals surface area (Å²) in [4.78, 5) is 12.2. The molecule has 0 spiro atoms. The minimum absolute atomic E-state index is 0.0741. The van der Waals surface area contributed by atoms with E-state index in [1.165, 1.54) is 6.42 Å². The Balaban J connectivity index is 1.89. The zero-order valence-corrected chi connectivity index (χ0v) is 20.8. The third-order valence-corrected chi connectivity index (χ3v) is 7.52. The predicted molar refractivity (Wildman–Crippen MR) is 123 cm³/mol. The summed E-state index contributed by atoms with van der Waals surface area (Å²) < 4.78 is 31.1. The van der Waals surface area contributed by atoms with Crippen LogP contribution >= 0.6 is 8.53 Å². The highest BCUT2D eigenvalue weighted by atomic mass is 31.2. The smallest absolute Gasteiger partial charge is 0.431 e. The van der Waals surface area contributed by atoms with Crippen molar-refractivity contribution in [3.63, 3.8) is 0 Å². The number of carbonyl (C=O) groups excluding carboxylic acids is 1. The van der Waals surface area contributed by atoms with Gasteiger partial charge in [-0.2, -0.15) is 5.26 Å². The highest BCUT2D eigenvalue weighted by molar-refractivity contribution is 7.44. The zero-order valence-electron chi connectivity index (χ0n) is 19.9. The van der Waals surface area contributed by atoms with Gasteiger partial charge in [-0.3, -0.25) is 0 Å². The van der Waals surface area contributed by atoms with Gasteiger partial charge in [0.25, 0.3) is 8.53 Å². The summed E-state index contributed by atoms with van der Waals surface area (Å²) in [5.74, 6) is 0. The van der Waals surface area contributed by atoms with Crippen molar-refractivity contribution < 1.29 is 28.1 Å². The second kappa shape index (κ2) is 14.8. The standard InChI is InChI=1S/C23H39N2O6P/c1-18(2)25(19(3)4)32(29-15-10-14-24)31-21-13-16-27-22(21)17-28-23(26)30-20-11-8-6-5-7-9-12-20/h8,11,18-22H,5-7,9-10,12-13,15-17H2,1-4H3/b11-8+/t20?,21-,22+,32?/m0/s1. The molecule has 8 nitrogen and oxygen atoms in total. The van der Waals surface area contributed by atoms with Crippen LogP contribution in [0.15, 0.2) is 12.2 Å². The summed E-state index contributed by atoms with van der Waals surface area (Å²) in [6.07, 6.45) is 8.72. The summed E-state index contributed by atoms with van der Waals surface area (Å²) in [7, 11) is -1.38. The molecule has 1 saturated heterocycles. The van der Waals surface area contributed by atoms with Crippen LogP contribution in [-0.2, 0) is 23.3 Å². The summed E-state index contributed by atoms with van der Waals surface area (Å²) in [6, 6.07) is 2.54. The Hall–Kier alpha value is -1.23. The molecule has 9 heteroatoms. The number of carbonyl (C=O) groups is 1. The van der Waals surface area contributed by atoms with Crippen LogP contribution < -0.4 is 0 Å². The van der Waals surface area contributed by atoms with Gasteiger partial charge in [-0.05, 0) is 59.5 Å². The van der Waals surface area contributed by atoms with Crippen LogP contribution in [0.25, 0.3) is 0 Å². The molecule has 2 rings (SSSR count). The molecular weight excluding hydrogens is 431 g/mol. The van der Waals surface area contributed by atoms with Gasteiger partial charge in [0, 0.05) is 25.1 Å². The van der Waals surface area contributed by atoms with E-state index in [1.54, 1.807) is 0 Å². The monoisotopic (exact) mass is 470 g/mol. The van der Waals surface area contributed by atoms with Crippen molar-refractivity contribution in [2.75, 3.05) is 19.8 Å². The molecular formula is C23H39N2O6P. The van der Waals surface area contributed by atoms with Gasteiger partial charge in [0.05, 0.1) is 25.2 Å². The maximum Gasteiger partial charge on any atom is 0.508 e. The lowest BCUT2D eigenvalue weighted by Crippen LogP contribution is -2.37. The molecule has 0 amide bonds. The van der Waals surface area contributed by atoms with Crippen molar-refractivity contribution in [3.8, 4) is 6.07 Å². The van der Waals surface area contributed by atoms with Crippen molar-refractivity contribution in [2.24, 2.45) is 0 Å². The number of rotatable bonds is 11. The topological polar surface area (TPSA) is 90.3 Å². The Labute approximate surface area is 194 Å². The van der Waals surface area contributed by atoms with Crippen LogP contribution in [0.4, 0.5) is 4.79 Å². The second-order valence-electron chi connectivity index (χ2n) is 8.67. The van der Waals surface area contributed by atoms with Crippen molar-refractivity contribution in [1.82, 2.24) is 4.67 Å². The molecule has 1 aliphatic heterocycles. The summed E-state index contributed by atoms with van der Waals surface area (Å²) in [5.41, 5.74) is 0. The lowest BCUT2D eigenvalue weighted by Gasteiger charge is -2.37. The van der Waals surface area contributed by atoms with E-state index in [2.05, 4.69) is 44.5 Å². The van der Waals surface area contributed by atoms with Crippen molar-refractivity contribution in [1.29, 1.82) is 5.26 Å². The molecule has 1 aliphatic carbocycles. The van der Waals surface area contributed by atoms with E-state index in [1.807, 2.05) is 6.08 Å². The third kappa shape index (κ3) is 9.33. The van der Waals surface area contributed by atoms with Gasteiger partial charge in [-0.15, -0.1) is 0 Å². The fourth-order valence-corrected chi connectivity index (χ4v) is 5.63. The molecule has 32 heavy (non-hydrogen) atoms. The molecule has 0 bridgehead atoms. The van der Waals surface area contributed by atoms with E-state index in [0.717, 1.165) is 25.7 Å². The molecule has 0 N–H and O–H groups in total. The van der Waals surface area contributed by atoms with Gasteiger partial charge >= 0.3 is 6.16 Å². The Kier molecular flexibility index (Phi) is 12.5. The van der Waals surface area contributed by atoms with E-state index in [9.17, 15) is 4.79 Å². The lowest BCUT2D eigenvalue weighted by atomic mass is 10.0. The van der Waals surface area contributed by atoms with Gasteiger partial charge < -0.3 is 23.3 Å². The van der Waals surface area contributed by atoms with Crippen LogP contribution in [0.3, 0.4) is 0 Å². The van der Waals surface area contributed by atoms with Gasteiger partial charge in [0.2, 0.25) is 0 Å². The number of hydrogen-bond donors (Lipinski definition) is 0. The number of nitriles is 1. The SMILES string of the molecule is CC(C)N(C(C)C)P(OCCC#N)O[C@H]1CCO[C@@H]1COC(=O)OC1/C=C/CCCCC1. The van der Waals surface area contributed by atoms with Gasteiger partial charge in [-0.25, -0.2) is 9.46 Å². The minimum atomic E-state index is -1.38. The van der Waals surface area contributed by atoms with Gasteiger partial charge in [0.1, 0.15) is 18.8 Å². The first-order valence-corrected chi connectivity index (χ1v) is 12.9. The highest BCUT2D eigenvalue weighted by Gasteiger charge is 2.37. The van der Waals surface area contributed by atoms with Crippen LogP contribution in [-0.4, -0.2) is 61.0 Å². The summed E-state index contributed by atoms with van der Waals surface area (Å²) in [5, 5.41) is 8.87. The quantitative estimate of drug-likeness (QED) is 0.170. The molecule has 0 aromatic heterocycles. The highest BCUT2D eigenvalue weighted by Crippen LogP contribution is 2.48. The lowest BCUT2D eigenvalue weighted by molar-refractivity contribution is -0.0262. The first kappa shape index (κ1) is 27.0. The van der Waals surface area contributed by atoms with Crippen LogP contribution in [0.1, 0.15) is 72.6 Å². The third-order valence-electron chi connectivity index (χ3n) is 5.36. The molecule has 1 heterocycles. The van der Waals surface area contributed by atoms with E-state index in [4.69, 9.17) is 28.5 Å². The van der Waals surface area contributed by atoms with E-state index in [-0.39, 0.29) is 37.0 Å². The fourth-order valence-electron chi connectivity index (χ4n) is 3.85. The number of nitrogens with zero attached hydrogens (tertiary/aromatic N) is 2. The molecule has 4 atom stereocenters. The predicted octanol–water partition coefficient (Wildman–Crippen LogP) is 5.48. The molecule has 0 radical (unpaired) electrons.